The lowest BCUT2D eigenvalue weighted by atomic mass is 9.94. The van der Waals surface area contributed by atoms with E-state index < -0.39 is 0 Å². The van der Waals surface area contributed by atoms with Crippen LogP contribution in [-0.4, -0.2) is 50.8 Å². The van der Waals surface area contributed by atoms with Gasteiger partial charge in [-0.3, -0.25) is 0 Å². The molecular formula is C17H36N2O. The Hall–Kier alpha value is -0.120. The van der Waals surface area contributed by atoms with E-state index in [4.69, 9.17) is 4.74 Å². The Labute approximate surface area is 126 Å². The Morgan fingerprint density at radius 2 is 1.85 bits per heavy atom. The molecule has 120 valence electrons. The van der Waals surface area contributed by atoms with Gasteiger partial charge in [0.05, 0.1) is 6.61 Å². The molecule has 0 aromatic carbocycles. The van der Waals surface area contributed by atoms with Gasteiger partial charge in [-0.2, -0.15) is 0 Å². The van der Waals surface area contributed by atoms with Crippen molar-refractivity contribution in [2.45, 2.75) is 64.8 Å². The average Bonchev–Trinajstić information content (AvgIpc) is 2.46. The Balaban J connectivity index is 1.84. The highest BCUT2D eigenvalue weighted by Gasteiger charge is 2.16. The van der Waals surface area contributed by atoms with Crippen molar-refractivity contribution in [1.29, 1.82) is 0 Å². The van der Waals surface area contributed by atoms with Crippen molar-refractivity contribution in [3.8, 4) is 0 Å². The molecule has 0 radical (unpaired) electrons. The molecule has 1 N–H and O–H groups in total. The molecule has 0 aromatic rings. The van der Waals surface area contributed by atoms with Crippen molar-refractivity contribution in [3.05, 3.63) is 0 Å². The first kappa shape index (κ1) is 17.9. The maximum atomic E-state index is 5.59. The van der Waals surface area contributed by atoms with Crippen LogP contribution in [0.5, 0.6) is 0 Å². The Morgan fingerprint density at radius 1 is 1.10 bits per heavy atom. The van der Waals surface area contributed by atoms with Crippen LogP contribution in [0.25, 0.3) is 0 Å². The fraction of sp³-hybridized carbons (Fsp3) is 1.00. The van der Waals surface area contributed by atoms with Gasteiger partial charge in [0.1, 0.15) is 0 Å². The molecule has 1 aliphatic carbocycles. The highest BCUT2D eigenvalue weighted by molar-refractivity contribution is 4.73. The number of rotatable bonds is 11. The molecule has 0 saturated heterocycles. The minimum absolute atomic E-state index is 0.748. The number of ether oxygens (including phenoxy) is 1. The van der Waals surface area contributed by atoms with Crippen molar-refractivity contribution in [2.75, 3.05) is 39.9 Å². The fourth-order valence-electron chi connectivity index (χ4n) is 2.85. The average molecular weight is 284 g/mol. The third-order valence-corrected chi connectivity index (χ3v) is 4.33. The maximum Gasteiger partial charge on any atom is 0.0590 e. The summed E-state index contributed by atoms with van der Waals surface area (Å²) < 4.78 is 5.59. The first-order valence-electron chi connectivity index (χ1n) is 8.69. The zero-order chi connectivity index (χ0) is 14.6. The van der Waals surface area contributed by atoms with Crippen LogP contribution in [0.1, 0.15) is 58.8 Å². The fourth-order valence-corrected chi connectivity index (χ4v) is 2.85. The molecule has 0 aliphatic heterocycles. The van der Waals surface area contributed by atoms with Crippen LogP contribution < -0.4 is 5.32 Å². The van der Waals surface area contributed by atoms with Crippen molar-refractivity contribution in [2.24, 2.45) is 5.92 Å². The molecule has 3 nitrogen and oxygen atoms in total. The zero-order valence-electron chi connectivity index (χ0n) is 14.0. The standard InChI is InChI=1S/C17H36N2O/c1-16(2)10-14-20-15-12-18-11-7-13-19(3)17-8-5-4-6-9-17/h16-18H,4-15H2,1-3H3. The summed E-state index contributed by atoms with van der Waals surface area (Å²) in [6.45, 7) is 9.57. The minimum atomic E-state index is 0.748. The molecule has 0 amide bonds. The van der Waals surface area contributed by atoms with Crippen LogP contribution in [0.3, 0.4) is 0 Å². The predicted octanol–water partition coefficient (Wildman–Crippen LogP) is 3.29. The highest BCUT2D eigenvalue weighted by Crippen LogP contribution is 2.21. The molecule has 0 unspecified atom stereocenters. The van der Waals surface area contributed by atoms with E-state index in [1.807, 2.05) is 0 Å². The second-order valence-electron chi connectivity index (χ2n) is 6.67. The first-order chi connectivity index (χ1) is 9.70. The van der Waals surface area contributed by atoms with Gasteiger partial charge in [0, 0.05) is 19.2 Å². The summed E-state index contributed by atoms with van der Waals surface area (Å²) in [5.74, 6) is 0.748. The van der Waals surface area contributed by atoms with Gasteiger partial charge in [0.25, 0.3) is 0 Å². The van der Waals surface area contributed by atoms with Gasteiger partial charge >= 0.3 is 0 Å². The summed E-state index contributed by atoms with van der Waals surface area (Å²) in [4.78, 5) is 2.57. The van der Waals surface area contributed by atoms with Crippen molar-refractivity contribution in [1.82, 2.24) is 10.2 Å². The monoisotopic (exact) mass is 284 g/mol. The van der Waals surface area contributed by atoms with E-state index in [-0.39, 0.29) is 0 Å². The molecule has 3 heteroatoms. The molecular weight excluding hydrogens is 248 g/mol. The summed E-state index contributed by atoms with van der Waals surface area (Å²) in [7, 11) is 2.30. The van der Waals surface area contributed by atoms with Crippen molar-refractivity contribution < 1.29 is 4.74 Å². The van der Waals surface area contributed by atoms with Gasteiger partial charge in [-0.25, -0.2) is 0 Å². The smallest absolute Gasteiger partial charge is 0.0590 e. The second-order valence-corrected chi connectivity index (χ2v) is 6.67. The Kier molecular flexibility index (Phi) is 10.3. The molecule has 1 fully saturated rings. The lowest BCUT2D eigenvalue weighted by Gasteiger charge is -2.31. The normalized spacial score (nSPS) is 17.2. The van der Waals surface area contributed by atoms with Crippen LogP contribution in [0.2, 0.25) is 0 Å². The third-order valence-electron chi connectivity index (χ3n) is 4.33. The molecule has 0 bridgehead atoms. The van der Waals surface area contributed by atoms with Gasteiger partial charge in [-0.05, 0) is 51.7 Å². The van der Waals surface area contributed by atoms with Crippen molar-refractivity contribution in [3.63, 3.8) is 0 Å². The summed E-state index contributed by atoms with van der Waals surface area (Å²) in [6.07, 6.45) is 9.55. The molecule has 0 spiro atoms. The molecule has 1 rings (SSSR count). The van der Waals surface area contributed by atoms with E-state index in [1.54, 1.807) is 0 Å². The van der Waals surface area contributed by atoms with Crippen LogP contribution >= 0.6 is 0 Å². The molecule has 1 aliphatic rings. The molecule has 0 atom stereocenters. The first-order valence-corrected chi connectivity index (χ1v) is 8.69. The molecule has 1 saturated carbocycles. The summed E-state index contributed by atoms with van der Waals surface area (Å²) >= 11 is 0. The van der Waals surface area contributed by atoms with Gasteiger partial charge < -0.3 is 15.0 Å². The molecule has 0 heterocycles. The second kappa shape index (κ2) is 11.5. The SMILES string of the molecule is CC(C)CCOCCNCCCN(C)C1CCCCC1. The van der Waals surface area contributed by atoms with Crippen molar-refractivity contribution >= 4 is 0 Å². The van der Waals surface area contributed by atoms with E-state index in [1.165, 1.54) is 51.5 Å². The summed E-state index contributed by atoms with van der Waals surface area (Å²) in [5.41, 5.74) is 0. The largest absolute Gasteiger partial charge is 0.380 e. The van der Waals surface area contributed by atoms with E-state index in [2.05, 4.69) is 31.1 Å². The summed E-state index contributed by atoms with van der Waals surface area (Å²) in [6, 6.07) is 0.850. The maximum absolute atomic E-state index is 5.59. The van der Waals surface area contributed by atoms with Crippen LogP contribution in [0, 0.1) is 5.92 Å². The highest BCUT2D eigenvalue weighted by atomic mass is 16.5. The quantitative estimate of drug-likeness (QED) is 0.589. The van der Waals surface area contributed by atoms with E-state index in [0.29, 0.717) is 0 Å². The number of hydrogen-bond acceptors (Lipinski definition) is 3. The van der Waals surface area contributed by atoms with Crippen LogP contribution in [0.4, 0.5) is 0 Å². The van der Waals surface area contributed by atoms with E-state index >= 15 is 0 Å². The lowest BCUT2D eigenvalue weighted by Crippen LogP contribution is -2.35. The lowest BCUT2D eigenvalue weighted by molar-refractivity contribution is 0.125. The Morgan fingerprint density at radius 3 is 2.55 bits per heavy atom. The van der Waals surface area contributed by atoms with Crippen LogP contribution in [0.15, 0.2) is 0 Å². The van der Waals surface area contributed by atoms with Gasteiger partial charge in [0.15, 0.2) is 0 Å². The minimum Gasteiger partial charge on any atom is -0.380 e. The zero-order valence-corrected chi connectivity index (χ0v) is 14.0. The summed E-state index contributed by atoms with van der Waals surface area (Å²) in [5, 5.41) is 3.48. The topological polar surface area (TPSA) is 24.5 Å². The van der Waals surface area contributed by atoms with Gasteiger partial charge in [-0.15, -0.1) is 0 Å². The van der Waals surface area contributed by atoms with E-state index in [0.717, 1.165) is 38.3 Å². The van der Waals surface area contributed by atoms with Crippen LogP contribution in [-0.2, 0) is 4.74 Å². The molecule has 0 aromatic heterocycles. The number of nitrogens with zero attached hydrogens (tertiary/aromatic N) is 1. The number of nitrogens with one attached hydrogen (secondary N) is 1. The molecule has 20 heavy (non-hydrogen) atoms. The van der Waals surface area contributed by atoms with Gasteiger partial charge in [-0.1, -0.05) is 33.1 Å². The van der Waals surface area contributed by atoms with Gasteiger partial charge in [0.2, 0.25) is 0 Å². The third kappa shape index (κ3) is 8.93. The number of hydrogen-bond donors (Lipinski definition) is 1. The predicted molar refractivity (Wildman–Crippen MR) is 87.3 cm³/mol. The Bertz CT molecular complexity index is 215. The van der Waals surface area contributed by atoms with E-state index in [9.17, 15) is 0 Å².